The molecule has 4 heteroatoms. The molecule has 0 bridgehead atoms. The van der Waals surface area contributed by atoms with Crippen molar-refractivity contribution in [2.75, 3.05) is 0 Å². The minimum atomic E-state index is -0.495. The number of hydrogen-bond donors (Lipinski definition) is 1. The molecule has 1 aromatic rings. The van der Waals surface area contributed by atoms with Crippen LogP contribution in [0.4, 0.5) is 8.78 Å². The van der Waals surface area contributed by atoms with E-state index in [1.807, 2.05) is 0 Å². The maximum atomic E-state index is 13.9. The molecule has 20 heavy (non-hydrogen) atoms. The van der Waals surface area contributed by atoms with Crippen LogP contribution >= 0.6 is 15.9 Å². The van der Waals surface area contributed by atoms with Crippen LogP contribution in [0.5, 0.6) is 0 Å². The Labute approximate surface area is 128 Å². The molecule has 1 nitrogen and oxygen atoms in total. The van der Waals surface area contributed by atoms with E-state index >= 15 is 0 Å². The predicted molar refractivity (Wildman–Crippen MR) is 81.6 cm³/mol. The van der Waals surface area contributed by atoms with Crippen LogP contribution in [0.2, 0.25) is 0 Å². The third kappa shape index (κ3) is 4.01. The fraction of sp³-hybridized carbons (Fsp3) is 0.625. The molecule has 0 radical (unpaired) electrons. The van der Waals surface area contributed by atoms with Crippen molar-refractivity contribution >= 4 is 15.9 Å². The van der Waals surface area contributed by atoms with Crippen molar-refractivity contribution < 1.29 is 8.78 Å². The first-order chi connectivity index (χ1) is 9.59. The summed E-state index contributed by atoms with van der Waals surface area (Å²) in [6.45, 7) is 2.37. The minimum Gasteiger partial charge on any atom is -0.310 e. The lowest BCUT2D eigenvalue weighted by Gasteiger charge is -2.24. The summed E-state index contributed by atoms with van der Waals surface area (Å²) in [6, 6.07) is 3.01. The molecule has 1 N–H and O–H groups in total. The summed E-state index contributed by atoms with van der Waals surface area (Å²) in [4.78, 5) is 0. The van der Waals surface area contributed by atoms with Crippen LogP contribution in [0.15, 0.2) is 16.6 Å². The second kappa shape index (κ2) is 7.51. The Balaban J connectivity index is 1.96. The molecule has 0 aliphatic heterocycles. The molecular formula is C16H22BrF2N. The fourth-order valence-corrected chi connectivity index (χ4v) is 3.34. The molecule has 1 aromatic carbocycles. The van der Waals surface area contributed by atoms with Crippen LogP contribution < -0.4 is 5.32 Å². The Morgan fingerprint density at radius 2 is 1.85 bits per heavy atom. The summed E-state index contributed by atoms with van der Waals surface area (Å²) in [7, 11) is 0. The number of hydrogen-bond acceptors (Lipinski definition) is 1. The lowest BCUT2D eigenvalue weighted by Crippen LogP contribution is -2.33. The van der Waals surface area contributed by atoms with E-state index in [0.29, 0.717) is 16.4 Å². The quantitative estimate of drug-likeness (QED) is 0.585. The normalized spacial score (nSPS) is 18.8. The maximum Gasteiger partial charge on any atom is 0.144 e. The molecule has 1 aliphatic carbocycles. The third-order valence-electron chi connectivity index (χ3n) is 4.35. The van der Waals surface area contributed by atoms with Gasteiger partial charge in [-0.2, -0.15) is 0 Å². The van der Waals surface area contributed by atoms with E-state index < -0.39 is 11.6 Å². The first kappa shape index (κ1) is 15.9. The molecule has 1 aliphatic rings. The Kier molecular flexibility index (Phi) is 5.97. The van der Waals surface area contributed by atoms with Gasteiger partial charge in [-0.1, -0.05) is 25.7 Å². The lowest BCUT2D eigenvalue weighted by molar-refractivity contribution is 0.333. The molecule has 1 fully saturated rings. The lowest BCUT2D eigenvalue weighted by atomic mass is 9.93. The first-order valence-electron chi connectivity index (χ1n) is 7.45. The van der Waals surface area contributed by atoms with E-state index in [0.717, 1.165) is 0 Å². The first-order valence-corrected chi connectivity index (χ1v) is 8.24. The fourth-order valence-electron chi connectivity index (χ4n) is 2.97. The zero-order valence-electron chi connectivity index (χ0n) is 11.9. The Morgan fingerprint density at radius 3 is 2.50 bits per heavy atom. The van der Waals surface area contributed by atoms with Gasteiger partial charge < -0.3 is 5.32 Å². The molecule has 1 atom stereocenters. The van der Waals surface area contributed by atoms with Gasteiger partial charge in [0, 0.05) is 18.2 Å². The molecule has 2 rings (SSSR count). The van der Waals surface area contributed by atoms with E-state index in [4.69, 9.17) is 0 Å². The van der Waals surface area contributed by atoms with E-state index in [-0.39, 0.29) is 12.1 Å². The van der Waals surface area contributed by atoms with Crippen LogP contribution in [0, 0.1) is 17.6 Å². The predicted octanol–water partition coefficient (Wildman–Crippen LogP) is 5.18. The zero-order chi connectivity index (χ0) is 14.5. The highest BCUT2D eigenvalue weighted by Gasteiger charge is 2.20. The average Bonchev–Trinajstić information content (AvgIpc) is 2.72. The zero-order valence-corrected chi connectivity index (χ0v) is 13.5. The van der Waals surface area contributed by atoms with Gasteiger partial charge >= 0.3 is 0 Å². The number of halogens is 3. The molecule has 0 amide bonds. The van der Waals surface area contributed by atoms with Crippen LogP contribution in [-0.4, -0.2) is 6.04 Å². The van der Waals surface area contributed by atoms with Gasteiger partial charge in [-0.05, 0) is 53.7 Å². The van der Waals surface area contributed by atoms with Gasteiger partial charge in [0.15, 0.2) is 0 Å². The van der Waals surface area contributed by atoms with Gasteiger partial charge in [0.1, 0.15) is 11.6 Å². The van der Waals surface area contributed by atoms with Crippen LogP contribution in [0.1, 0.15) is 51.0 Å². The van der Waals surface area contributed by atoms with Gasteiger partial charge in [0.2, 0.25) is 0 Å². The summed E-state index contributed by atoms with van der Waals surface area (Å²) >= 11 is 3.10. The molecule has 0 unspecified atom stereocenters. The third-order valence-corrected chi connectivity index (χ3v) is 4.96. The van der Waals surface area contributed by atoms with Crippen molar-refractivity contribution in [1.29, 1.82) is 0 Å². The van der Waals surface area contributed by atoms with Crippen LogP contribution in [0.3, 0.4) is 0 Å². The largest absolute Gasteiger partial charge is 0.310 e. The number of rotatable bonds is 4. The summed E-state index contributed by atoms with van der Waals surface area (Å²) in [6.07, 6.45) is 7.62. The van der Waals surface area contributed by atoms with E-state index in [2.05, 4.69) is 28.2 Å². The van der Waals surface area contributed by atoms with Gasteiger partial charge in [0.05, 0.1) is 4.47 Å². The number of benzene rings is 1. The molecule has 112 valence electrons. The molecule has 0 spiro atoms. The highest BCUT2D eigenvalue weighted by atomic mass is 79.9. The summed E-state index contributed by atoms with van der Waals surface area (Å²) in [5.41, 5.74) is 0.125. The van der Waals surface area contributed by atoms with E-state index in [9.17, 15) is 8.78 Å². The van der Waals surface area contributed by atoms with Crippen LogP contribution in [0.25, 0.3) is 0 Å². The molecule has 0 saturated heterocycles. The minimum absolute atomic E-state index is 0.125. The highest BCUT2D eigenvalue weighted by molar-refractivity contribution is 9.10. The Morgan fingerprint density at radius 1 is 1.20 bits per heavy atom. The maximum absolute atomic E-state index is 13.9. The summed E-state index contributed by atoms with van der Waals surface area (Å²) in [5.74, 6) is -0.354. The smallest absolute Gasteiger partial charge is 0.144 e. The molecular weight excluding hydrogens is 324 g/mol. The average molecular weight is 346 g/mol. The standard InChI is InChI=1S/C16H22BrF2N/c1-11(12-6-4-2-3-5-7-12)20-10-13-15(18)9-8-14(17)16(13)19/h8-9,11-12,20H,2-7,10H2,1H3/t11-/m0/s1. The highest BCUT2D eigenvalue weighted by Crippen LogP contribution is 2.26. The topological polar surface area (TPSA) is 12.0 Å². The van der Waals surface area contributed by atoms with Gasteiger partial charge in [-0.3, -0.25) is 0 Å². The van der Waals surface area contributed by atoms with Crippen molar-refractivity contribution in [3.63, 3.8) is 0 Å². The van der Waals surface area contributed by atoms with Gasteiger partial charge in [-0.25, -0.2) is 8.78 Å². The van der Waals surface area contributed by atoms with Crippen molar-refractivity contribution in [3.05, 3.63) is 33.8 Å². The number of nitrogens with one attached hydrogen (secondary N) is 1. The Bertz CT molecular complexity index is 442. The van der Waals surface area contributed by atoms with Crippen molar-refractivity contribution in [1.82, 2.24) is 5.32 Å². The Hall–Kier alpha value is -0.480. The summed E-state index contributed by atoms with van der Waals surface area (Å²) < 4.78 is 27.9. The summed E-state index contributed by atoms with van der Waals surface area (Å²) in [5, 5.41) is 3.30. The van der Waals surface area contributed by atoms with E-state index in [1.165, 1.54) is 50.7 Å². The van der Waals surface area contributed by atoms with Gasteiger partial charge in [0.25, 0.3) is 0 Å². The molecule has 1 saturated carbocycles. The van der Waals surface area contributed by atoms with Crippen molar-refractivity contribution in [3.8, 4) is 0 Å². The SMILES string of the molecule is C[C@H](NCc1c(F)ccc(Br)c1F)C1CCCCCC1. The molecule has 0 aromatic heterocycles. The van der Waals surface area contributed by atoms with Gasteiger partial charge in [-0.15, -0.1) is 0 Å². The van der Waals surface area contributed by atoms with Crippen molar-refractivity contribution in [2.45, 2.75) is 58.0 Å². The van der Waals surface area contributed by atoms with Crippen LogP contribution in [-0.2, 0) is 6.54 Å². The second-order valence-corrected chi connectivity index (χ2v) is 6.60. The second-order valence-electron chi connectivity index (χ2n) is 5.74. The molecule has 0 heterocycles. The monoisotopic (exact) mass is 345 g/mol. The van der Waals surface area contributed by atoms with Crippen molar-refractivity contribution in [2.24, 2.45) is 5.92 Å². The van der Waals surface area contributed by atoms with E-state index in [1.54, 1.807) is 0 Å².